The van der Waals surface area contributed by atoms with Crippen LogP contribution in [-0.4, -0.2) is 55.6 Å². The van der Waals surface area contributed by atoms with Crippen LogP contribution in [0.2, 0.25) is 0 Å². The van der Waals surface area contributed by atoms with Gasteiger partial charge in [-0.3, -0.25) is 9.59 Å². The maximum absolute atomic E-state index is 12.2. The van der Waals surface area contributed by atoms with Crippen LogP contribution < -0.4 is 10.6 Å². The number of anilines is 1. The minimum absolute atomic E-state index is 0.0136. The highest BCUT2D eigenvalue weighted by Crippen LogP contribution is 2.13. The van der Waals surface area contributed by atoms with E-state index in [4.69, 9.17) is 4.74 Å². The maximum Gasteiger partial charge on any atom is 0.241 e. The molecule has 2 heterocycles. The lowest BCUT2D eigenvalue weighted by molar-refractivity contribution is -0.134. The van der Waals surface area contributed by atoms with E-state index in [2.05, 4.69) is 10.6 Å². The zero-order valence-corrected chi connectivity index (χ0v) is 13.2. The molecule has 0 spiro atoms. The Hall–Kier alpha value is -1.92. The normalized spacial score (nSPS) is 21.2. The predicted octanol–water partition coefficient (Wildman–Crippen LogP) is 0.778. The Bertz CT molecular complexity index is 547. The van der Waals surface area contributed by atoms with Gasteiger partial charge in [0, 0.05) is 18.8 Å². The fourth-order valence-corrected chi connectivity index (χ4v) is 2.94. The quantitative estimate of drug-likeness (QED) is 0.861. The highest BCUT2D eigenvalue weighted by Gasteiger charge is 2.22. The second kappa shape index (κ2) is 7.57. The van der Waals surface area contributed by atoms with E-state index in [1.165, 1.54) is 0 Å². The average Bonchev–Trinajstić information content (AvgIpc) is 3.12. The molecule has 3 rings (SSSR count). The van der Waals surface area contributed by atoms with Crippen LogP contribution in [0.25, 0.3) is 0 Å². The van der Waals surface area contributed by atoms with Crippen molar-refractivity contribution in [2.45, 2.75) is 25.3 Å². The molecule has 23 heavy (non-hydrogen) atoms. The van der Waals surface area contributed by atoms with Crippen LogP contribution >= 0.6 is 0 Å². The molecule has 2 N–H and O–H groups in total. The zero-order valence-electron chi connectivity index (χ0n) is 13.2. The first kappa shape index (κ1) is 16.0. The van der Waals surface area contributed by atoms with Gasteiger partial charge in [-0.2, -0.15) is 0 Å². The number of rotatable bonds is 4. The standard InChI is InChI=1S/C17H23N3O3/c21-16(20-8-10-23-11-9-20)12-13-3-5-14(6-4-13)19-17(22)15-2-1-7-18-15/h3-6,15,18H,1-2,7-12H2,(H,19,22). The fourth-order valence-electron chi connectivity index (χ4n) is 2.94. The molecule has 1 aromatic carbocycles. The number of hydrogen-bond acceptors (Lipinski definition) is 4. The second-order valence-corrected chi connectivity index (χ2v) is 6.01. The van der Waals surface area contributed by atoms with E-state index in [0.717, 1.165) is 30.6 Å². The Morgan fingerprint density at radius 1 is 1.22 bits per heavy atom. The first-order chi connectivity index (χ1) is 11.2. The Labute approximate surface area is 136 Å². The lowest BCUT2D eigenvalue weighted by Crippen LogP contribution is -2.41. The van der Waals surface area contributed by atoms with Gasteiger partial charge in [-0.15, -0.1) is 0 Å². The molecule has 124 valence electrons. The molecule has 0 aliphatic carbocycles. The summed E-state index contributed by atoms with van der Waals surface area (Å²) >= 11 is 0. The van der Waals surface area contributed by atoms with Crippen molar-refractivity contribution in [1.82, 2.24) is 10.2 Å². The van der Waals surface area contributed by atoms with E-state index in [-0.39, 0.29) is 17.9 Å². The zero-order chi connectivity index (χ0) is 16.1. The number of carbonyl (C=O) groups excluding carboxylic acids is 2. The van der Waals surface area contributed by atoms with E-state index in [9.17, 15) is 9.59 Å². The topological polar surface area (TPSA) is 70.7 Å². The monoisotopic (exact) mass is 317 g/mol. The summed E-state index contributed by atoms with van der Waals surface area (Å²) in [6.45, 7) is 3.47. The van der Waals surface area contributed by atoms with E-state index < -0.39 is 0 Å². The number of morpholine rings is 1. The van der Waals surface area contributed by atoms with Gasteiger partial charge in [0.2, 0.25) is 11.8 Å². The molecule has 2 aliphatic heterocycles. The third-order valence-corrected chi connectivity index (χ3v) is 4.32. The van der Waals surface area contributed by atoms with Crippen LogP contribution in [-0.2, 0) is 20.7 Å². The Balaban J connectivity index is 1.52. The van der Waals surface area contributed by atoms with E-state index in [1.807, 2.05) is 29.2 Å². The Morgan fingerprint density at radius 3 is 2.61 bits per heavy atom. The van der Waals surface area contributed by atoms with Gasteiger partial charge in [0.05, 0.1) is 25.7 Å². The highest BCUT2D eigenvalue weighted by atomic mass is 16.5. The van der Waals surface area contributed by atoms with E-state index in [0.29, 0.717) is 32.7 Å². The number of hydrogen-bond donors (Lipinski definition) is 2. The summed E-state index contributed by atoms with van der Waals surface area (Å²) in [6, 6.07) is 7.42. The summed E-state index contributed by atoms with van der Waals surface area (Å²) in [5, 5.41) is 6.09. The van der Waals surface area contributed by atoms with Crippen molar-refractivity contribution in [1.29, 1.82) is 0 Å². The molecule has 1 aromatic rings. The third kappa shape index (κ3) is 4.30. The molecule has 1 unspecified atom stereocenters. The van der Waals surface area contributed by atoms with Gasteiger partial charge >= 0.3 is 0 Å². The molecule has 2 aliphatic rings. The number of nitrogens with zero attached hydrogens (tertiary/aromatic N) is 1. The average molecular weight is 317 g/mol. The Kier molecular flexibility index (Phi) is 5.25. The molecule has 6 nitrogen and oxygen atoms in total. The second-order valence-electron chi connectivity index (χ2n) is 6.01. The fraction of sp³-hybridized carbons (Fsp3) is 0.529. The molecular formula is C17H23N3O3. The smallest absolute Gasteiger partial charge is 0.241 e. The van der Waals surface area contributed by atoms with Crippen LogP contribution in [0.4, 0.5) is 5.69 Å². The molecule has 0 aromatic heterocycles. The first-order valence-corrected chi connectivity index (χ1v) is 8.21. The van der Waals surface area contributed by atoms with Gasteiger partial charge in [0.15, 0.2) is 0 Å². The van der Waals surface area contributed by atoms with Crippen molar-refractivity contribution in [3.05, 3.63) is 29.8 Å². The van der Waals surface area contributed by atoms with Gasteiger partial charge in [0.1, 0.15) is 0 Å². The van der Waals surface area contributed by atoms with Crippen LogP contribution in [0.3, 0.4) is 0 Å². The summed E-state index contributed by atoms with van der Waals surface area (Å²) in [5.41, 5.74) is 1.73. The number of ether oxygens (including phenoxy) is 1. The van der Waals surface area contributed by atoms with Crippen molar-refractivity contribution < 1.29 is 14.3 Å². The molecule has 0 saturated carbocycles. The number of carbonyl (C=O) groups is 2. The van der Waals surface area contributed by atoms with Crippen LogP contribution in [0.5, 0.6) is 0 Å². The van der Waals surface area contributed by atoms with Gasteiger partial charge < -0.3 is 20.3 Å². The molecule has 0 radical (unpaired) electrons. The van der Waals surface area contributed by atoms with Gasteiger partial charge in [0.25, 0.3) is 0 Å². The first-order valence-electron chi connectivity index (χ1n) is 8.21. The van der Waals surface area contributed by atoms with Gasteiger partial charge in [-0.1, -0.05) is 12.1 Å². The molecule has 6 heteroatoms. The van der Waals surface area contributed by atoms with Crippen LogP contribution in [0, 0.1) is 0 Å². The van der Waals surface area contributed by atoms with Crippen molar-refractivity contribution >= 4 is 17.5 Å². The third-order valence-electron chi connectivity index (χ3n) is 4.32. The Morgan fingerprint density at radius 2 is 1.96 bits per heavy atom. The van der Waals surface area contributed by atoms with Crippen LogP contribution in [0.1, 0.15) is 18.4 Å². The van der Waals surface area contributed by atoms with E-state index >= 15 is 0 Å². The van der Waals surface area contributed by atoms with E-state index in [1.54, 1.807) is 0 Å². The molecule has 2 amide bonds. The summed E-state index contributed by atoms with van der Waals surface area (Å²) in [5.74, 6) is 0.139. The molecule has 2 fully saturated rings. The molecule has 0 bridgehead atoms. The minimum atomic E-state index is -0.0856. The summed E-state index contributed by atoms with van der Waals surface area (Å²) < 4.78 is 5.26. The van der Waals surface area contributed by atoms with Gasteiger partial charge in [-0.05, 0) is 37.1 Å². The SMILES string of the molecule is O=C(Nc1ccc(CC(=O)N2CCOCC2)cc1)C1CCCN1. The van der Waals surface area contributed by atoms with Crippen molar-refractivity contribution in [3.63, 3.8) is 0 Å². The lowest BCUT2D eigenvalue weighted by Gasteiger charge is -2.26. The minimum Gasteiger partial charge on any atom is -0.378 e. The molecule has 2 saturated heterocycles. The molecular weight excluding hydrogens is 294 g/mol. The van der Waals surface area contributed by atoms with Crippen molar-refractivity contribution in [2.24, 2.45) is 0 Å². The predicted molar refractivity (Wildman–Crippen MR) is 87.2 cm³/mol. The maximum atomic E-state index is 12.2. The largest absolute Gasteiger partial charge is 0.378 e. The number of benzene rings is 1. The summed E-state index contributed by atoms with van der Waals surface area (Å²) in [7, 11) is 0. The number of amides is 2. The molecule has 1 atom stereocenters. The lowest BCUT2D eigenvalue weighted by atomic mass is 10.1. The van der Waals surface area contributed by atoms with Crippen LogP contribution in [0.15, 0.2) is 24.3 Å². The van der Waals surface area contributed by atoms with Gasteiger partial charge in [-0.25, -0.2) is 0 Å². The van der Waals surface area contributed by atoms with Crippen molar-refractivity contribution in [3.8, 4) is 0 Å². The van der Waals surface area contributed by atoms with Crippen molar-refractivity contribution in [2.75, 3.05) is 38.2 Å². The highest BCUT2D eigenvalue weighted by molar-refractivity contribution is 5.95. The number of nitrogens with one attached hydrogen (secondary N) is 2. The summed E-state index contributed by atoms with van der Waals surface area (Å²) in [4.78, 5) is 26.1. The summed E-state index contributed by atoms with van der Waals surface area (Å²) in [6.07, 6.45) is 2.32.